The van der Waals surface area contributed by atoms with Gasteiger partial charge in [0, 0.05) is 11.6 Å². The minimum Gasteiger partial charge on any atom is -0.508 e. The summed E-state index contributed by atoms with van der Waals surface area (Å²) >= 11 is 0. The molecule has 0 aliphatic carbocycles. The molecule has 0 unspecified atom stereocenters. The summed E-state index contributed by atoms with van der Waals surface area (Å²) in [6.07, 6.45) is 8.95. The van der Waals surface area contributed by atoms with Gasteiger partial charge >= 0.3 is 0 Å². The third-order valence-electron chi connectivity index (χ3n) is 3.95. The first-order chi connectivity index (χ1) is 10.6. The normalized spacial score (nSPS) is 11.8. The van der Waals surface area contributed by atoms with E-state index < -0.39 is 0 Å². The van der Waals surface area contributed by atoms with Crippen molar-refractivity contribution in [1.29, 1.82) is 0 Å². The van der Waals surface area contributed by atoms with Crippen molar-refractivity contribution in [3.05, 3.63) is 23.3 Å². The third-order valence-corrected chi connectivity index (χ3v) is 3.95. The first-order valence-electron chi connectivity index (χ1n) is 8.40. The smallest absolute Gasteiger partial charge is 0.128 e. The number of oxime groups is 1. The molecule has 4 heteroatoms. The molecule has 0 fully saturated rings. The molecule has 0 heterocycles. The summed E-state index contributed by atoms with van der Waals surface area (Å²) in [5.41, 5.74) is 1.82. The van der Waals surface area contributed by atoms with E-state index in [-0.39, 0.29) is 11.5 Å². The van der Waals surface area contributed by atoms with Gasteiger partial charge in [-0.15, -0.1) is 0 Å². The SMILES string of the molecule is CCCCCCc1cc(C(CCCCC)=NO)c(O)cc1O. The lowest BCUT2D eigenvalue weighted by atomic mass is 9.97. The molecule has 0 aliphatic heterocycles. The zero-order chi connectivity index (χ0) is 16.4. The number of hydrogen-bond donors (Lipinski definition) is 3. The van der Waals surface area contributed by atoms with E-state index in [1.165, 1.54) is 18.9 Å². The Balaban J connectivity index is 2.84. The number of rotatable bonds is 10. The lowest BCUT2D eigenvalue weighted by Gasteiger charge is -2.11. The van der Waals surface area contributed by atoms with E-state index >= 15 is 0 Å². The van der Waals surface area contributed by atoms with Crippen molar-refractivity contribution in [2.75, 3.05) is 0 Å². The number of benzene rings is 1. The highest BCUT2D eigenvalue weighted by atomic mass is 16.4. The summed E-state index contributed by atoms with van der Waals surface area (Å²) in [5, 5.41) is 32.6. The minimum atomic E-state index is -0.0286. The van der Waals surface area contributed by atoms with Crippen LogP contribution in [0.5, 0.6) is 11.5 Å². The fourth-order valence-electron chi connectivity index (χ4n) is 2.58. The Morgan fingerprint density at radius 2 is 1.59 bits per heavy atom. The first-order valence-corrected chi connectivity index (χ1v) is 8.40. The quantitative estimate of drug-likeness (QED) is 0.247. The zero-order valence-corrected chi connectivity index (χ0v) is 13.8. The van der Waals surface area contributed by atoms with Gasteiger partial charge in [0.2, 0.25) is 0 Å². The standard InChI is InChI=1S/C18H29NO3/c1-3-5-7-9-10-14-12-15(18(21)13-17(14)20)16(19-22)11-8-6-4-2/h12-13,20-22H,3-11H2,1-2H3. The molecule has 0 atom stereocenters. The predicted octanol–water partition coefficient (Wildman–Crippen LogP) is 4.98. The van der Waals surface area contributed by atoms with Crippen LogP contribution in [0.2, 0.25) is 0 Å². The van der Waals surface area contributed by atoms with Crippen LogP contribution < -0.4 is 0 Å². The first kappa shape index (κ1) is 18.3. The average Bonchev–Trinajstić information content (AvgIpc) is 2.50. The molecular weight excluding hydrogens is 278 g/mol. The molecule has 0 radical (unpaired) electrons. The second-order valence-corrected chi connectivity index (χ2v) is 5.81. The molecule has 4 nitrogen and oxygen atoms in total. The summed E-state index contributed by atoms with van der Waals surface area (Å²) in [5.74, 6) is 0.0858. The molecule has 0 bridgehead atoms. The number of aryl methyl sites for hydroxylation is 1. The van der Waals surface area contributed by atoms with Crippen molar-refractivity contribution in [2.24, 2.45) is 5.16 Å². The molecular formula is C18H29NO3. The second kappa shape index (κ2) is 10.1. The van der Waals surface area contributed by atoms with E-state index in [4.69, 9.17) is 0 Å². The fraction of sp³-hybridized carbons (Fsp3) is 0.611. The van der Waals surface area contributed by atoms with Crippen molar-refractivity contribution in [3.8, 4) is 11.5 Å². The molecule has 0 aromatic heterocycles. The Hall–Kier alpha value is -1.71. The van der Waals surface area contributed by atoms with Gasteiger partial charge in [-0.2, -0.15) is 0 Å². The highest BCUT2D eigenvalue weighted by molar-refractivity contribution is 6.02. The van der Waals surface area contributed by atoms with Gasteiger partial charge in [-0.05, 0) is 37.3 Å². The molecule has 22 heavy (non-hydrogen) atoms. The van der Waals surface area contributed by atoms with Gasteiger partial charge in [0.15, 0.2) is 0 Å². The van der Waals surface area contributed by atoms with Crippen molar-refractivity contribution >= 4 is 5.71 Å². The van der Waals surface area contributed by atoms with Crippen LogP contribution in [0.4, 0.5) is 0 Å². The number of aromatic hydroxyl groups is 2. The number of unbranched alkanes of at least 4 members (excludes halogenated alkanes) is 5. The number of nitrogens with zero attached hydrogens (tertiary/aromatic N) is 1. The Morgan fingerprint density at radius 3 is 2.23 bits per heavy atom. The van der Waals surface area contributed by atoms with Gasteiger partial charge in [0.1, 0.15) is 11.5 Å². The Kier molecular flexibility index (Phi) is 8.41. The predicted molar refractivity (Wildman–Crippen MR) is 90.1 cm³/mol. The van der Waals surface area contributed by atoms with E-state index in [1.54, 1.807) is 6.07 Å². The molecule has 1 rings (SSSR count). The van der Waals surface area contributed by atoms with Crippen molar-refractivity contribution in [1.82, 2.24) is 0 Å². The van der Waals surface area contributed by atoms with Crippen molar-refractivity contribution < 1.29 is 15.4 Å². The summed E-state index contributed by atoms with van der Waals surface area (Å²) in [6, 6.07) is 3.12. The minimum absolute atomic E-state index is 0.0286. The maximum atomic E-state index is 10.0. The van der Waals surface area contributed by atoms with Gasteiger partial charge in [0.05, 0.1) is 5.71 Å². The molecule has 1 aromatic carbocycles. The third kappa shape index (κ3) is 5.58. The topological polar surface area (TPSA) is 73.1 Å². The fourth-order valence-corrected chi connectivity index (χ4v) is 2.58. The largest absolute Gasteiger partial charge is 0.508 e. The maximum absolute atomic E-state index is 10.0. The van der Waals surface area contributed by atoms with Gasteiger partial charge < -0.3 is 15.4 Å². The summed E-state index contributed by atoms with van der Waals surface area (Å²) in [6.45, 7) is 4.28. The maximum Gasteiger partial charge on any atom is 0.128 e. The van der Waals surface area contributed by atoms with Gasteiger partial charge in [-0.25, -0.2) is 0 Å². The van der Waals surface area contributed by atoms with Crippen LogP contribution >= 0.6 is 0 Å². The van der Waals surface area contributed by atoms with Gasteiger partial charge in [-0.1, -0.05) is 51.1 Å². The van der Waals surface area contributed by atoms with E-state index in [9.17, 15) is 15.4 Å². The highest BCUT2D eigenvalue weighted by Gasteiger charge is 2.14. The summed E-state index contributed by atoms with van der Waals surface area (Å²) in [4.78, 5) is 0. The molecule has 3 N–H and O–H groups in total. The Labute approximate surface area is 133 Å². The monoisotopic (exact) mass is 307 g/mol. The van der Waals surface area contributed by atoms with E-state index in [0.717, 1.165) is 44.1 Å². The van der Waals surface area contributed by atoms with Crippen LogP contribution in [0.3, 0.4) is 0 Å². The van der Waals surface area contributed by atoms with Crippen molar-refractivity contribution in [3.63, 3.8) is 0 Å². The van der Waals surface area contributed by atoms with Crippen LogP contribution in [0.15, 0.2) is 17.3 Å². The molecule has 0 saturated carbocycles. The zero-order valence-electron chi connectivity index (χ0n) is 13.8. The van der Waals surface area contributed by atoms with E-state index in [2.05, 4.69) is 19.0 Å². The van der Waals surface area contributed by atoms with E-state index in [0.29, 0.717) is 17.7 Å². The Morgan fingerprint density at radius 1 is 0.909 bits per heavy atom. The van der Waals surface area contributed by atoms with Crippen LogP contribution in [-0.2, 0) is 6.42 Å². The summed E-state index contributed by atoms with van der Waals surface area (Å²) in [7, 11) is 0. The summed E-state index contributed by atoms with van der Waals surface area (Å²) < 4.78 is 0. The average molecular weight is 307 g/mol. The van der Waals surface area contributed by atoms with Gasteiger partial charge in [0.25, 0.3) is 0 Å². The molecule has 1 aromatic rings. The number of phenolic OH excluding ortho intramolecular Hbond substituents is 2. The van der Waals surface area contributed by atoms with Crippen LogP contribution in [0.1, 0.15) is 76.3 Å². The molecule has 0 aliphatic rings. The van der Waals surface area contributed by atoms with Gasteiger partial charge in [-0.3, -0.25) is 0 Å². The second-order valence-electron chi connectivity index (χ2n) is 5.81. The highest BCUT2D eigenvalue weighted by Crippen LogP contribution is 2.30. The van der Waals surface area contributed by atoms with Crippen LogP contribution in [0.25, 0.3) is 0 Å². The lowest BCUT2D eigenvalue weighted by molar-refractivity contribution is 0.317. The van der Waals surface area contributed by atoms with Crippen LogP contribution in [0, 0.1) is 0 Å². The molecule has 0 amide bonds. The van der Waals surface area contributed by atoms with E-state index in [1.807, 2.05) is 0 Å². The lowest BCUT2D eigenvalue weighted by Crippen LogP contribution is -2.03. The number of hydrogen-bond acceptors (Lipinski definition) is 4. The molecule has 124 valence electrons. The number of phenols is 2. The van der Waals surface area contributed by atoms with Crippen LogP contribution in [-0.4, -0.2) is 21.1 Å². The Bertz CT molecular complexity index is 483. The molecule has 0 saturated heterocycles. The molecule has 0 spiro atoms. The van der Waals surface area contributed by atoms with Crippen molar-refractivity contribution in [2.45, 2.75) is 71.6 Å².